The van der Waals surface area contributed by atoms with Crippen molar-refractivity contribution in [3.63, 3.8) is 0 Å². The Labute approximate surface area is 109 Å². The number of oxazole rings is 1. The van der Waals surface area contributed by atoms with Crippen molar-refractivity contribution in [1.29, 1.82) is 0 Å². The molecule has 0 spiro atoms. The Morgan fingerprint density at radius 3 is 2.79 bits per heavy atom. The van der Waals surface area contributed by atoms with E-state index in [4.69, 9.17) is 4.42 Å². The van der Waals surface area contributed by atoms with Crippen molar-refractivity contribution in [3.8, 4) is 0 Å². The molecular formula is C14H11N3O2. The Balaban J connectivity index is 1.87. The van der Waals surface area contributed by atoms with Gasteiger partial charge in [-0.15, -0.1) is 0 Å². The second kappa shape index (κ2) is 4.53. The zero-order valence-corrected chi connectivity index (χ0v) is 10.3. The van der Waals surface area contributed by atoms with Crippen LogP contribution in [-0.4, -0.2) is 15.9 Å². The Morgan fingerprint density at radius 2 is 2.00 bits per heavy atom. The molecule has 2 heterocycles. The molecule has 0 saturated heterocycles. The highest BCUT2D eigenvalue weighted by Gasteiger charge is 2.07. The molecule has 0 atom stereocenters. The monoisotopic (exact) mass is 253 g/mol. The van der Waals surface area contributed by atoms with Gasteiger partial charge in [0.05, 0.1) is 0 Å². The number of hydrogen-bond acceptors (Lipinski definition) is 4. The summed E-state index contributed by atoms with van der Waals surface area (Å²) in [4.78, 5) is 20.1. The Hall–Kier alpha value is -2.69. The summed E-state index contributed by atoms with van der Waals surface area (Å²) >= 11 is 0. The van der Waals surface area contributed by atoms with E-state index in [0.717, 1.165) is 5.52 Å². The van der Waals surface area contributed by atoms with Crippen LogP contribution in [0.1, 0.15) is 16.2 Å². The molecule has 3 rings (SSSR count). The number of hydrogen-bond donors (Lipinski definition) is 1. The third kappa shape index (κ3) is 2.30. The maximum atomic E-state index is 12.0. The molecule has 0 aliphatic carbocycles. The summed E-state index contributed by atoms with van der Waals surface area (Å²) in [6.45, 7) is 1.79. The molecule has 2 aromatic heterocycles. The number of carbonyl (C=O) groups excluding carboxylic acids is 1. The van der Waals surface area contributed by atoms with Crippen molar-refractivity contribution in [2.45, 2.75) is 6.92 Å². The van der Waals surface area contributed by atoms with Gasteiger partial charge in [0, 0.05) is 30.6 Å². The Kier molecular flexibility index (Phi) is 2.72. The van der Waals surface area contributed by atoms with Crippen LogP contribution < -0.4 is 5.32 Å². The SMILES string of the molecule is Cc1nc2cc(NC(=O)c3ccncc3)ccc2o1. The number of carbonyl (C=O) groups is 1. The zero-order valence-electron chi connectivity index (χ0n) is 10.3. The molecule has 0 aliphatic rings. The molecule has 5 nitrogen and oxygen atoms in total. The maximum absolute atomic E-state index is 12.0. The standard InChI is InChI=1S/C14H11N3O2/c1-9-16-12-8-11(2-3-13(12)19-9)17-14(18)10-4-6-15-7-5-10/h2-8H,1H3,(H,17,18). The molecule has 19 heavy (non-hydrogen) atoms. The van der Waals surface area contributed by atoms with Crippen LogP contribution in [0.15, 0.2) is 47.1 Å². The minimum absolute atomic E-state index is 0.179. The second-order valence-electron chi connectivity index (χ2n) is 4.11. The molecule has 1 N–H and O–H groups in total. The maximum Gasteiger partial charge on any atom is 0.255 e. The van der Waals surface area contributed by atoms with Crippen LogP contribution in [0.25, 0.3) is 11.1 Å². The minimum atomic E-state index is -0.179. The molecule has 0 aliphatic heterocycles. The number of pyridine rings is 1. The molecule has 0 bridgehead atoms. The fraction of sp³-hybridized carbons (Fsp3) is 0.0714. The van der Waals surface area contributed by atoms with Gasteiger partial charge in [0.2, 0.25) is 0 Å². The molecule has 1 aromatic carbocycles. The van der Waals surface area contributed by atoms with Gasteiger partial charge in [0.1, 0.15) is 5.52 Å². The first-order valence-electron chi connectivity index (χ1n) is 5.81. The average molecular weight is 253 g/mol. The first kappa shape index (κ1) is 11.4. The summed E-state index contributed by atoms with van der Waals surface area (Å²) in [6.07, 6.45) is 3.16. The number of aromatic nitrogens is 2. The molecule has 5 heteroatoms. The van der Waals surface area contributed by atoms with Gasteiger partial charge in [-0.25, -0.2) is 4.98 Å². The molecular weight excluding hydrogens is 242 g/mol. The predicted octanol–water partition coefficient (Wildman–Crippen LogP) is 2.78. The van der Waals surface area contributed by atoms with Gasteiger partial charge >= 0.3 is 0 Å². The van der Waals surface area contributed by atoms with E-state index < -0.39 is 0 Å². The van der Waals surface area contributed by atoms with Crippen molar-refractivity contribution >= 4 is 22.7 Å². The fourth-order valence-electron chi connectivity index (χ4n) is 1.83. The molecule has 3 aromatic rings. The topological polar surface area (TPSA) is 68.0 Å². The van der Waals surface area contributed by atoms with E-state index in [1.807, 2.05) is 0 Å². The van der Waals surface area contributed by atoms with E-state index >= 15 is 0 Å². The molecule has 94 valence electrons. The summed E-state index contributed by atoms with van der Waals surface area (Å²) < 4.78 is 5.38. The van der Waals surface area contributed by atoms with Crippen molar-refractivity contribution in [2.75, 3.05) is 5.32 Å². The Bertz CT molecular complexity index is 735. The lowest BCUT2D eigenvalue weighted by Crippen LogP contribution is -2.11. The Morgan fingerprint density at radius 1 is 1.21 bits per heavy atom. The van der Waals surface area contributed by atoms with Gasteiger partial charge in [0.15, 0.2) is 11.5 Å². The summed E-state index contributed by atoms with van der Waals surface area (Å²) in [5.74, 6) is 0.426. The lowest BCUT2D eigenvalue weighted by Gasteiger charge is -2.04. The lowest BCUT2D eigenvalue weighted by atomic mass is 10.2. The largest absolute Gasteiger partial charge is 0.441 e. The third-order valence-electron chi connectivity index (χ3n) is 2.69. The lowest BCUT2D eigenvalue weighted by molar-refractivity contribution is 0.102. The van der Waals surface area contributed by atoms with Crippen molar-refractivity contribution in [1.82, 2.24) is 9.97 Å². The number of anilines is 1. The number of nitrogens with zero attached hydrogens (tertiary/aromatic N) is 2. The van der Waals surface area contributed by atoms with Crippen LogP contribution in [0, 0.1) is 6.92 Å². The first-order chi connectivity index (χ1) is 9.22. The van der Waals surface area contributed by atoms with Crippen molar-refractivity contribution in [3.05, 3.63) is 54.2 Å². The highest BCUT2D eigenvalue weighted by atomic mass is 16.3. The van der Waals surface area contributed by atoms with Gasteiger partial charge in [-0.2, -0.15) is 0 Å². The molecule has 1 amide bonds. The number of nitrogens with one attached hydrogen (secondary N) is 1. The van der Waals surface area contributed by atoms with E-state index in [0.29, 0.717) is 22.7 Å². The van der Waals surface area contributed by atoms with Crippen molar-refractivity contribution in [2.24, 2.45) is 0 Å². The summed E-state index contributed by atoms with van der Waals surface area (Å²) in [5, 5.41) is 2.81. The van der Waals surface area contributed by atoms with E-state index in [2.05, 4.69) is 15.3 Å². The fourth-order valence-corrected chi connectivity index (χ4v) is 1.83. The average Bonchev–Trinajstić information content (AvgIpc) is 2.79. The highest BCUT2D eigenvalue weighted by Crippen LogP contribution is 2.20. The normalized spacial score (nSPS) is 10.6. The van der Waals surface area contributed by atoms with Gasteiger partial charge in [0.25, 0.3) is 5.91 Å². The van der Waals surface area contributed by atoms with E-state index in [1.165, 1.54) is 0 Å². The van der Waals surface area contributed by atoms with Gasteiger partial charge in [-0.05, 0) is 30.3 Å². The quantitative estimate of drug-likeness (QED) is 0.762. The third-order valence-corrected chi connectivity index (χ3v) is 2.69. The van der Waals surface area contributed by atoms with Gasteiger partial charge in [-0.3, -0.25) is 9.78 Å². The van der Waals surface area contributed by atoms with E-state index in [-0.39, 0.29) is 5.91 Å². The van der Waals surface area contributed by atoms with Crippen LogP contribution >= 0.6 is 0 Å². The smallest absolute Gasteiger partial charge is 0.255 e. The number of amides is 1. The van der Waals surface area contributed by atoms with Crippen molar-refractivity contribution < 1.29 is 9.21 Å². The van der Waals surface area contributed by atoms with Crippen LogP contribution in [0.4, 0.5) is 5.69 Å². The molecule has 0 fully saturated rings. The number of benzene rings is 1. The van der Waals surface area contributed by atoms with E-state index in [1.54, 1.807) is 49.6 Å². The van der Waals surface area contributed by atoms with E-state index in [9.17, 15) is 4.79 Å². The number of rotatable bonds is 2. The molecule has 0 saturated carbocycles. The van der Waals surface area contributed by atoms with Crippen LogP contribution in [-0.2, 0) is 0 Å². The van der Waals surface area contributed by atoms with Crippen LogP contribution in [0.3, 0.4) is 0 Å². The predicted molar refractivity (Wildman–Crippen MR) is 70.9 cm³/mol. The van der Waals surface area contributed by atoms with Gasteiger partial charge < -0.3 is 9.73 Å². The number of aryl methyl sites for hydroxylation is 1. The highest BCUT2D eigenvalue weighted by molar-refractivity contribution is 6.04. The van der Waals surface area contributed by atoms with Crippen LogP contribution in [0.2, 0.25) is 0 Å². The molecule has 0 radical (unpaired) electrons. The second-order valence-corrected chi connectivity index (χ2v) is 4.11. The number of fused-ring (bicyclic) bond motifs is 1. The summed E-state index contributed by atoms with van der Waals surface area (Å²) in [5.41, 5.74) is 2.68. The van der Waals surface area contributed by atoms with Gasteiger partial charge in [-0.1, -0.05) is 0 Å². The summed E-state index contributed by atoms with van der Waals surface area (Å²) in [6, 6.07) is 8.68. The van der Waals surface area contributed by atoms with Crippen LogP contribution in [0.5, 0.6) is 0 Å². The summed E-state index contributed by atoms with van der Waals surface area (Å²) in [7, 11) is 0. The first-order valence-corrected chi connectivity index (χ1v) is 5.81. The minimum Gasteiger partial charge on any atom is -0.441 e. The zero-order chi connectivity index (χ0) is 13.2. The molecule has 0 unspecified atom stereocenters.